The van der Waals surface area contributed by atoms with E-state index >= 15 is 0 Å². The molecule has 0 saturated carbocycles. The number of nitrogens with zero attached hydrogens (tertiary/aromatic N) is 2. The molecule has 3 rings (SSSR count). The van der Waals surface area contributed by atoms with Crippen LogP contribution in [0.3, 0.4) is 0 Å². The van der Waals surface area contributed by atoms with Gasteiger partial charge in [-0.1, -0.05) is 30.4 Å². The van der Waals surface area contributed by atoms with Crippen molar-refractivity contribution in [1.29, 1.82) is 0 Å². The fraction of sp³-hybridized carbons (Fsp3) is 0.375. The summed E-state index contributed by atoms with van der Waals surface area (Å²) in [7, 11) is 0. The van der Waals surface area contributed by atoms with Gasteiger partial charge in [0.25, 0.3) is 0 Å². The predicted octanol–water partition coefficient (Wildman–Crippen LogP) is 2.48. The van der Waals surface area contributed by atoms with Crippen molar-refractivity contribution in [3.63, 3.8) is 0 Å². The first-order valence-corrected chi connectivity index (χ1v) is 7.45. The van der Waals surface area contributed by atoms with Crippen molar-refractivity contribution in [1.82, 2.24) is 4.98 Å². The van der Waals surface area contributed by atoms with Crippen LogP contribution in [0.1, 0.15) is 19.4 Å². The number of nitrogens with two attached hydrogens (primary N) is 1. The van der Waals surface area contributed by atoms with E-state index < -0.39 is 0 Å². The summed E-state index contributed by atoms with van der Waals surface area (Å²) >= 11 is 5.22. The standard InChI is InChI=1S/C16H19N3OS/c1-16(2)10-19(7-8-20-16)14-11-5-3-4-6-13(11)18-9-12(14)15(17)21/h3-6,9H,7-8,10H2,1-2H3,(H2,17,21). The van der Waals surface area contributed by atoms with E-state index in [1.807, 2.05) is 18.2 Å². The van der Waals surface area contributed by atoms with E-state index in [2.05, 4.69) is 29.8 Å². The lowest BCUT2D eigenvalue weighted by Gasteiger charge is -2.40. The number of fused-ring (bicyclic) bond motifs is 1. The Morgan fingerprint density at radius 1 is 1.38 bits per heavy atom. The van der Waals surface area contributed by atoms with Crippen LogP contribution in [0.2, 0.25) is 0 Å². The van der Waals surface area contributed by atoms with Gasteiger partial charge < -0.3 is 15.4 Å². The minimum Gasteiger partial charge on any atom is -0.389 e. The topological polar surface area (TPSA) is 51.4 Å². The summed E-state index contributed by atoms with van der Waals surface area (Å²) < 4.78 is 5.81. The van der Waals surface area contributed by atoms with E-state index in [0.29, 0.717) is 11.6 Å². The van der Waals surface area contributed by atoms with Gasteiger partial charge in [-0.2, -0.15) is 0 Å². The number of aromatic nitrogens is 1. The van der Waals surface area contributed by atoms with Gasteiger partial charge in [0.15, 0.2) is 0 Å². The highest BCUT2D eigenvalue weighted by Crippen LogP contribution is 2.32. The lowest BCUT2D eigenvalue weighted by Crippen LogP contribution is -2.49. The molecule has 4 nitrogen and oxygen atoms in total. The van der Waals surface area contributed by atoms with Gasteiger partial charge >= 0.3 is 0 Å². The summed E-state index contributed by atoms with van der Waals surface area (Å²) in [6.45, 7) is 6.52. The zero-order valence-electron chi connectivity index (χ0n) is 12.3. The molecule has 0 amide bonds. The Balaban J connectivity index is 2.18. The van der Waals surface area contributed by atoms with Gasteiger partial charge in [0.2, 0.25) is 0 Å². The van der Waals surface area contributed by atoms with E-state index in [1.165, 1.54) is 0 Å². The Bertz CT molecular complexity index is 699. The van der Waals surface area contributed by atoms with Crippen molar-refractivity contribution in [2.45, 2.75) is 19.4 Å². The molecule has 1 aliphatic heterocycles. The molecule has 21 heavy (non-hydrogen) atoms. The molecule has 1 saturated heterocycles. The first-order chi connectivity index (χ1) is 9.98. The fourth-order valence-electron chi connectivity index (χ4n) is 2.86. The van der Waals surface area contributed by atoms with Crippen LogP contribution in [-0.4, -0.2) is 35.3 Å². The highest BCUT2D eigenvalue weighted by Gasteiger charge is 2.29. The molecule has 2 aromatic rings. The largest absolute Gasteiger partial charge is 0.389 e. The number of pyridine rings is 1. The minimum absolute atomic E-state index is 0.184. The molecule has 0 bridgehead atoms. The molecule has 0 atom stereocenters. The van der Waals surface area contributed by atoms with Gasteiger partial charge in [-0.15, -0.1) is 0 Å². The van der Waals surface area contributed by atoms with Gasteiger partial charge in [-0.25, -0.2) is 0 Å². The van der Waals surface area contributed by atoms with Crippen LogP contribution >= 0.6 is 12.2 Å². The molecule has 1 aromatic heterocycles. The second-order valence-corrected chi connectivity index (χ2v) is 6.37. The molecule has 2 heterocycles. The number of para-hydroxylation sites is 1. The smallest absolute Gasteiger partial charge is 0.107 e. The summed E-state index contributed by atoms with van der Waals surface area (Å²) in [5, 5.41) is 1.08. The fourth-order valence-corrected chi connectivity index (χ4v) is 3.00. The highest BCUT2D eigenvalue weighted by molar-refractivity contribution is 7.80. The van der Waals surface area contributed by atoms with Crippen LogP contribution in [-0.2, 0) is 4.74 Å². The molecule has 0 unspecified atom stereocenters. The molecule has 0 aliphatic carbocycles. The summed E-state index contributed by atoms with van der Waals surface area (Å²) in [6.07, 6.45) is 1.78. The Hall–Kier alpha value is -1.72. The Labute approximate surface area is 129 Å². The summed E-state index contributed by atoms with van der Waals surface area (Å²) in [4.78, 5) is 7.16. The normalized spacial score (nSPS) is 17.9. The van der Waals surface area contributed by atoms with Crippen molar-refractivity contribution in [2.24, 2.45) is 5.73 Å². The lowest BCUT2D eigenvalue weighted by atomic mass is 10.0. The third-order valence-electron chi connectivity index (χ3n) is 3.75. The summed E-state index contributed by atoms with van der Waals surface area (Å²) in [6, 6.07) is 8.08. The van der Waals surface area contributed by atoms with Gasteiger partial charge in [-0.05, 0) is 19.9 Å². The van der Waals surface area contributed by atoms with E-state index in [0.717, 1.165) is 35.2 Å². The maximum Gasteiger partial charge on any atom is 0.107 e. The average Bonchev–Trinajstić information content (AvgIpc) is 2.44. The molecule has 110 valence electrons. The third-order valence-corrected chi connectivity index (χ3v) is 3.97. The lowest BCUT2D eigenvalue weighted by molar-refractivity contribution is -0.0276. The first kappa shape index (κ1) is 14.2. The monoisotopic (exact) mass is 301 g/mol. The summed E-state index contributed by atoms with van der Waals surface area (Å²) in [5.41, 5.74) is 8.59. The highest BCUT2D eigenvalue weighted by atomic mass is 32.1. The second-order valence-electron chi connectivity index (χ2n) is 5.93. The predicted molar refractivity (Wildman–Crippen MR) is 89.9 cm³/mol. The van der Waals surface area contributed by atoms with Crippen molar-refractivity contribution >= 4 is 33.8 Å². The third kappa shape index (κ3) is 2.71. The molecular formula is C16H19N3OS. The molecule has 1 aromatic carbocycles. The van der Waals surface area contributed by atoms with Crippen LogP contribution in [0.4, 0.5) is 5.69 Å². The maximum absolute atomic E-state index is 5.91. The maximum atomic E-state index is 5.91. The van der Waals surface area contributed by atoms with E-state index in [9.17, 15) is 0 Å². The molecule has 2 N–H and O–H groups in total. The Kier molecular flexibility index (Phi) is 3.55. The number of benzene rings is 1. The van der Waals surface area contributed by atoms with Gasteiger partial charge in [0.1, 0.15) is 4.99 Å². The van der Waals surface area contributed by atoms with Crippen molar-refractivity contribution in [3.8, 4) is 0 Å². The van der Waals surface area contributed by atoms with Crippen molar-refractivity contribution < 1.29 is 4.74 Å². The van der Waals surface area contributed by atoms with Gasteiger partial charge in [-0.3, -0.25) is 4.98 Å². The summed E-state index contributed by atoms with van der Waals surface area (Å²) in [5.74, 6) is 0. The van der Waals surface area contributed by atoms with Crippen LogP contribution in [0, 0.1) is 0 Å². The molecule has 0 radical (unpaired) electrons. The van der Waals surface area contributed by atoms with Crippen molar-refractivity contribution in [2.75, 3.05) is 24.6 Å². The molecule has 5 heteroatoms. The minimum atomic E-state index is -0.184. The quantitative estimate of drug-likeness (QED) is 0.864. The van der Waals surface area contributed by atoms with E-state index in [4.69, 9.17) is 22.7 Å². The van der Waals surface area contributed by atoms with E-state index in [1.54, 1.807) is 6.20 Å². The van der Waals surface area contributed by atoms with E-state index in [-0.39, 0.29) is 5.60 Å². The van der Waals surface area contributed by atoms with Crippen LogP contribution in [0.15, 0.2) is 30.5 Å². The number of morpholine rings is 1. The molecular weight excluding hydrogens is 282 g/mol. The molecule has 1 fully saturated rings. The van der Waals surface area contributed by atoms with Gasteiger partial charge in [0, 0.05) is 24.7 Å². The van der Waals surface area contributed by atoms with Crippen molar-refractivity contribution in [3.05, 3.63) is 36.0 Å². The average molecular weight is 301 g/mol. The van der Waals surface area contributed by atoms with Gasteiger partial charge in [0.05, 0.1) is 29.0 Å². The first-order valence-electron chi connectivity index (χ1n) is 7.04. The number of thiocarbonyl (C=S) groups is 1. The van der Waals surface area contributed by atoms with Crippen LogP contribution in [0.25, 0.3) is 10.9 Å². The number of hydrogen-bond acceptors (Lipinski definition) is 4. The number of hydrogen-bond donors (Lipinski definition) is 1. The number of anilines is 1. The zero-order valence-corrected chi connectivity index (χ0v) is 13.1. The second kappa shape index (κ2) is 5.24. The van der Waals surface area contributed by atoms with Crippen LogP contribution in [0.5, 0.6) is 0 Å². The SMILES string of the molecule is CC1(C)CN(c2c(C(N)=S)cnc3ccccc23)CCO1. The Morgan fingerprint density at radius 2 is 2.14 bits per heavy atom. The number of rotatable bonds is 2. The van der Waals surface area contributed by atoms with Crippen LogP contribution < -0.4 is 10.6 Å². The molecule has 0 spiro atoms. The molecule has 1 aliphatic rings. The zero-order chi connectivity index (χ0) is 15.0. The number of ether oxygens (including phenoxy) is 1. The Morgan fingerprint density at radius 3 is 2.86 bits per heavy atom.